The van der Waals surface area contributed by atoms with Gasteiger partial charge in [0.2, 0.25) is 0 Å². The zero-order chi connectivity index (χ0) is 15.2. The molecule has 0 aliphatic heterocycles. The summed E-state index contributed by atoms with van der Waals surface area (Å²) >= 11 is 3.32. The van der Waals surface area contributed by atoms with Crippen molar-refractivity contribution in [2.45, 2.75) is 50.6 Å². The van der Waals surface area contributed by atoms with Crippen LogP contribution in [0.1, 0.15) is 48.9 Å². The molecule has 1 saturated carbocycles. The molecule has 0 saturated heterocycles. The largest absolute Gasteiger partial charge is 0.480 e. The Morgan fingerprint density at radius 2 is 1.81 bits per heavy atom. The maximum Gasteiger partial charge on any atom is 0.321 e. The maximum atomic E-state index is 12.2. The third-order valence-corrected chi connectivity index (χ3v) is 4.42. The van der Waals surface area contributed by atoms with Gasteiger partial charge in [-0.15, -0.1) is 0 Å². The fourth-order valence-electron chi connectivity index (χ4n) is 2.71. The molecule has 0 spiro atoms. The number of ketones is 1. The van der Waals surface area contributed by atoms with Crippen molar-refractivity contribution in [3.8, 4) is 0 Å². The van der Waals surface area contributed by atoms with Gasteiger partial charge in [-0.05, 0) is 25.0 Å². The number of aliphatic carboxylic acids is 1. The molecule has 1 fully saturated rings. The number of rotatable bonds is 6. The fourth-order valence-corrected chi connectivity index (χ4v) is 2.97. The lowest BCUT2D eigenvalue weighted by Crippen LogP contribution is -2.45. The second-order valence-electron chi connectivity index (χ2n) is 5.53. The predicted octanol–water partition coefficient (Wildman–Crippen LogP) is 3.40. The molecule has 114 valence electrons. The number of benzene rings is 1. The van der Waals surface area contributed by atoms with Crippen molar-refractivity contribution in [3.63, 3.8) is 0 Å². The van der Waals surface area contributed by atoms with Gasteiger partial charge >= 0.3 is 5.97 Å². The highest BCUT2D eigenvalue weighted by molar-refractivity contribution is 9.10. The van der Waals surface area contributed by atoms with Crippen LogP contribution in [-0.2, 0) is 4.79 Å². The number of hydrogen-bond acceptors (Lipinski definition) is 3. The summed E-state index contributed by atoms with van der Waals surface area (Å²) in [6.07, 6.45) is 5.46. The van der Waals surface area contributed by atoms with Gasteiger partial charge < -0.3 is 10.4 Å². The minimum absolute atomic E-state index is 0.00648. The number of halogens is 1. The van der Waals surface area contributed by atoms with Crippen molar-refractivity contribution >= 4 is 27.7 Å². The smallest absolute Gasteiger partial charge is 0.321 e. The standard InChI is InChI=1S/C16H20BrNO3/c17-12-8-6-11(7-9-12)15(19)10-14(16(20)21)18-13-4-2-1-3-5-13/h6-9,13-14,18H,1-5,10H2,(H,20,21). The molecule has 1 aromatic carbocycles. The molecule has 4 nitrogen and oxygen atoms in total. The average Bonchev–Trinajstić information content (AvgIpc) is 2.48. The zero-order valence-corrected chi connectivity index (χ0v) is 13.4. The fraction of sp³-hybridized carbons (Fsp3) is 0.500. The van der Waals surface area contributed by atoms with E-state index in [9.17, 15) is 14.7 Å². The number of carbonyl (C=O) groups is 2. The lowest BCUT2D eigenvalue weighted by atomic mass is 9.94. The third-order valence-electron chi connectivity index (χ3n) is 3.90. The van der Waals surface area contributed by atoms with Crippen molar-refractivity contribution in [1.29, 1.82) is 0 Å². The van der Waals surface area contributed by atoms with Gasteiger partial charge in [-0.1, -0.05) is 47.3 Å². The molecule has 0 heterocycles. The van der Waals surface area contributed by atoms with Crippen LogP contribution in [-0.4, -0.2) is 28.9 Å². The van der Waals surface area contributed by atoms with E-state index < -0.39 is 12.0 Å². The average molecular weight is 354 g/mol. The second kappa shape index (κ2) is 7.71. The summed E-state index contributed by atoms with van der Waals surface area (Å²) in [5, 5.41) is 12.5. The second-order valence-corrected chi connectivity index (χ2v) is 6.44. The lowest BCUT2D eigenvalue weighted by molar-refractivity contribution is -0.139. The van der Waals surface area contributed by atoms with Crippen LogP contribution in [0.25, 0.3) is 0 Å². The molecule has 0 bridgehead atoms. The van der Waals surface area contributed by atoms with Crippen LogP contribution >= 0.6 is 15.9 Å². The first kappa shape index (κ1) is 16.2. The number of carboxylic acid groups (broad SMARTS) is 1. The lowest BCUT2D eigenvalue weighted by Gasteiger charge is -2.26. The number of carbonyl (C=O) groups excluding carboxylic acids is 1. The van der Waals surface area contributed by atoms with E-state index in [0.717, 1.165) is 30.2 Å². The monoisotopic (exact) mass is 353 g/mol. The minimum atomic E-state index is -0.953. The Hall–Kier alpha value is -1.20. The first-order valence-corrected chi connectivity index (χ1v) is 8.13. The van der Waals surface area contributed by atoms with Gasteiger partial charge in [0.15, 0.2) is 5.78 Å². The number of Topliss-reactive ketones (excluding diaryl/α,β-unsaturated/α-hetero) is 1. The highest BCUT2D eigenvalue weighted by Crippen LogP contribution is 2.19. The van der Waals surface area contributed by atoms with Gasteiger partial charge in [0.1, 0.15) is 6.04 Å². The predicted molar refractivity (Wildman–Crippen MR) is 84.5 cm³/mol. The van der Waals surface area contributed by atoms with Crippen molar-refractivity contribution < 1.29 is 14.7 Å². The molecule has 0 amide bonds. The topological polar surface area (TPSA) is 66.4 Å². The zero-order valence-electron chi connectivity index (χ0n) is 11.8. The quantitative estimate of drug-likeness (QED) is 0.769. The molecule has 1 aromatic rings. The summed E-state index contributed by atoms with van der Waals surface area (Å²) in [5.41, 5.74) is 0.551. The van der Waals surface area contributed by atoms with E-state index in [4.69, 9.17) is 0 Å². The third kappa shape index (κ3) is 4.93. The van der Waals surface area contributed by atoms with Gasteiger partial charge in [-0.25, -0.2) is 0 Å². The van der Waals surface area contributed by atoms with Gasteiger partial charge in [0.05, 0.1) is 0 Å². The van der Waals surface area contributed by atoms with E-state index in [0.29, 0.717) is 5.56 Å². The number of hydrogen-bond donors (Lipinski definition) is 2. The summed E-state index contributed by atoms with van der Waals surface area (Å²) in [7, 11) is 0. The Labute approximate surface area is 133 Å². The Kier molecular flexibility index (Phi) is 5.94. The van der Waals surface area contributed by atoms with Crippen molar-refractivity contribution in [2.24, 2.45) is 0 Å². The summed E-state index contributed by atoms with van der Waals surface area (Å²) in [5.74, 6) is -1.09. The summed E-state index contributed by atoms with van der Waals surface area (Å²) in [6, 6.07) is 6.43. The van der Waals surface area contributed by atoms with Crippen molar-refractivity contribution in [1.82, 2.24) is 5.32 Å². The molecule has 0 radical (unpaired) electrons. The van der Waals surface area contributed by atoms with E-state index in [2.05, 4.69) is 21.2 Å². The summed E-state index contributed by atoms with van der Waals surface area (Å²) in [6.45, 7) is 0. The van der Waals surface area contributed by atoms with Crippen LogP contribution in [0.3, 0.4) is 0 Å². The van der Waals surface area contributed by atoms with Gasteiger partial charge in [0, 0.05) is 22.5 Å². The van der Waals surface area contributed by atoms with E-state index in [1.165, 1.54) is 6.42 Å². The summed E-state index contributed by atoms with van der Waals surface area (Å²) in [4.78, 5) is 23.6. The van der Waals surface area contributed by atoms with Crippen LogP contribution in [0.5, 0.6) is 0 Å². The molecular formula is C16H20BrNO3. The first-order valence-electron chi connectivity index (χ1n) is 7.34. The number of carboxylic acids is 1. The van der Waals surface area contributed by atoms with E-state index >= 15 is 0 Å². The van der Waals surface area contributed by atoms with Gasteiger partial charge in [0.25, 0.3) is 0 Å². The van der Waals surface area contributed by atoms with Gasteiger partial charge in [-0.3, -0.25) is 9.59 Å². The molecule has 2 rings (SSSR count). The van der Waals surface area contributed by atoms with Crippen LogP contribution in [0.4, 0.5) is 0 Å². The Morgan fingerprint density at radius 3 is 2.38 bits per heavy atom. The molecule has 5 heteroatoms. The Morgan fingerprint density at radius 1 is 1.19 bits per heavy atom. The van der Waals surface area contributed by atoms with Crippen molar-refractivity contribution in [3.05, 3.63) is 34.3 Å². The van der Waals surface area contributed by atoms with Crippen LogP contribution in [0.15, 0.2) is 28.7 Å². The van der Waals surface area contributed by atoms with Crippen LogP contribution < -0.4 is 5.32 Å². The molecule has 1 atom stereocenters. The molecule has 2 N–H and O–H groups in total. The molecule has 0 aromatic heterocycles. The SMILES string of the molecule is O=C(CC(NC1CCCCC1)C(=O)O)c1ccc(Br)cc1. The summed E-state index contributed by atoms with van der Waals surface area (Å²) < 4.78 is 0.897. The number of nitrogens with one attached hydrogen (secondary N) is 1. The van der Waals surface area contributed by atoms with E-state index in [1.807, 2.05) is 0 Å². The van der Waals surface area contributed by atoms with E-state index in [-0.39, 0.29) is 18.2 Å². The molecule has 1 aliphatic carbocycles. The maximum absolute atomic E-state index is 12.2. The van der Waals surface area contributed by atoms with Crippen LogP contribution in [0.2, 0.25) is 0 Å². The molecule has 21 heavy (non-hydrogen) atoms. The minimum Gasteiger partial charge on any atom is -0.480 e. The highest BCUT2D eigenvalue weighted by Gasteiger charge is 2.25. The first-order chi connectivity index (χ1) is 10.1. The van der Waals surface area contributed by atoms with Crippen LogP contribution in [0, 0.1) is 0 Å². The Balaban J connectivity index is 1.96. The molecule has 1 aliphatic rings. The van der Waals surface area contributed by atoms with Gasteiger partial charge in [-0.2, -0.15) is 0 Å². The highest BCUT2D eigenvalue weighted by atomic mass is 79.9. The Bertz CT molecular complexity index is 495. The van der Waals surface area contributed by atoms with Crippen molar-refractivity contribution in [2.75, 3.05) is 0 Å². The van der Waals surface area contributed by atoms with E-state index in [1.54, 1.807) is 24.3 Å². The molecule has 1 unspecified atom stereocenters. The normalized spacial score (nSPS) is 17.4. The molecular weight excluding hydrogens is 334 g/mol.